The van der Waals surface area contributed by atoms with E-state index < -0.39 is 28.5 Å². The molecule has 0 amide bonds. The van der Waals surface area contributed by atoms with Crippen molar-refractivity contribution in [2.24, 2.45) is 5.92 Å². The van der Waals surface area contributed by atoms with E-state index in [4.69, 9.17) is 0 Å². The second-order valence-corrected chi connectivity index (χ2v) is 10.1. The molecule has 3 aromatic rings. The van der Waals surface area contributed by atoms with Crippen molar-refractivity contribution in [2.45, 2.75) is 45.1 Å². The van der Waals surface area contributed by atoms with Gasteiger partial charge in [-0.2, -0.15) is 0 Å². The van der Waals surface area contributed by atoms with E-state index in [9.17, 15) is 19.5 Å². The molecular weight excluding hydrogens is 402 g/mol. The van der Waals surface area contributed by atoms with Crippen molar-refractivity contribution in [2.75, 3.05) is 5.75 Å². The minimum atomic E-state index is -1.34. The standard InChI is InChI=1S/C22H23N3O4S/c1-12(2)11-30-17-9-16(10-24-13(3)8-15-6-5-7-23-19(15)24)25(22(28)29)20(26)18(17)14(4)21(30)27/h5-9,12,14H,10-11H2,1-4H3/p+1. The number of rotatable bonds is 4. The van der Waals surface area contributed by atoms with Gasteiger partial charge in [-0.3, -0.25) is 4.79 Å². The predicted molar refractivity (Wildman–Crippen MR) is 116 cm³/mol. The lowest BCUT2D eigenvalue weighted by atomic mass is 10.0. The van der Waals surface area contributed by atoms with Gasteiger partial charge in [-0.25, -0.2) is 19.1 Å². The second kappa shape index (κ2) is 7.43. The Bertz CT molecular complexity index is 1240. The highest BCUT2D eigenvalue weighted by Gasteiger charge is 2.50. The van der Waals surface area contributed by atoms with Crippen LogP contribution in [0.1, 0.15) is 43.6 Å². The molecule has 30 heavy (non-hydrogen) atoms. The molecule has 8 heteroatoms. The Morgan fingerprint density at radius 3 is 2.70 bits per heavy atom. The normalized spacial score (nSPS) is 18.4. The largest absolute Gasteiger partial charge is 0.464 e. The Labute approximate surface area is 176 Å². The van der Waals surface area contributed by atoms with Gasteiger partial charge in [0.05, 0.1) is 28.7 Å². The van der Waals surface area contributed by atoms with Crippen LogP contribution in [0.15, 0.2) is 40.2 Å². The first-order valence-corrected chi connectivity index (χ1v) is 11.3. The van der Waals surface area contributed by atoms with Crippen molar-refractivity contribution in [1.29, 1.82) is 0 Å². The molecule has 0 bridgehead atoms. The maximum atomic E-state index is 13.2. The van der Waals surface area contributed by atoms with Crippen molar-refractivity contribution in [3.8, 4) is 0 Å². The fourth-order valence-electron chi connectivity index (χ4n) is 4.10. The minimum Gasteiger partial charge on any atom is -0.464 e. The lowest BCUT2D eigenvalue weighted by Crippen LogP contribution is -2.33. The number of carbonyl (C=O) groups is 2. The van der Waals surface area contributed by atoms with Crippen LogP contribution in [0, 0.1) is 12.8 Å². The smallest absolute Gasteiger partial charge is 0.418 e. The molecule has 0 spiro atoms. The SMILES string of the molecule is Cc1cc2cccnc2n1Cc1cc2c(c(=O)n1C(=O)O)C(C)C(=O)[S+]2CC(C)C. The Kier molecular flexibility index (Phi) is 5.05. The molecule has 0 aromatic carbocycles. The number of carboxylic acid groups (broad SMARTS) is 1. The molecule has 4 heterocycles. The topological polar surface area (TPSA) is 94.2 Å². The van der Waals surface area contributed by atoms with Crippen molar-refractivity contribution in [1.82, 2.24) is 14.1 Å². The average molecular weight is 427 g/mol. The molecule has 0 fully saturated rings. The van der Waals surface area contributed by atoms with Gasteiger partial charge in [-0.1, -0.05) is 13.8 Å². The highest BCUT2D eigenvalue weighted by atomic mass is 32.2. The van der Waals surface area contributed by atoms with E-state index in [1.807, 2.05) is 43.5 Å². The number of carbonyl (C=O) groups excluding carboxylic acids is 1. The Morgan fingerprint density at radius 2 is 2.03 bits per heavy atom. The highest BCUT2D eigenvalue weighted by Crippen LogP contribution is 2.37. The molecular formula is C22H24N3O4S+. The fraction of sp³-hybridized carbons (Fsp3) is 0.364. The number of pyridine rings is 2. The number of fused-ring (bicyclic) bond motifs is 2. The van der Waals surface area contributed by atoms with Crippen LogP contribution in [0.3, 0.4) is 0 Å². The molecule has 4 rings (SSSR count). The third-order valence-electron chi connectivity index (χ3n) is 5.45. The van der Waals surface area contributed by atoms with Crippen molar-refractivity contribution < 1.29 is 14.7 Å². The number of hydrogen-bond donors (Lipinski definition) is 1. The van der Waals surface area contributed by atoms with Crippen LogP contribution in [0.25, 0.3) is 11.0 Å². The second-order valence-electron chi connectivity index (χ2n) is 8.12. The van der Waals surface area contributed by atoms with Crippen LogP contribution >= 0.6 is 0 Å². The van der Waals surface area contributed by atoms with Crippen LogP contribution in [0.5, 0.6) is 0 Å². The number of aromatic nitrogens is 3. The molecule has 1 N–H and O–H groups in total. The first kappa shape index (κ1) is 20.4. The number of nitrogens with zero attached hydrogens (tertiary/aromatic N) is 3. The summed E-state index contributed by atoms with van der Waals surface area (Å²) in [6, 6.07) is 7.53. The van der Waals surface area contributed by atoms with Crippen molar-refractivity contribution in [3.63, 3.8) is 0 Å². The fourth-order valence-corrected chi connectivity index (χ4v) is 6.68. The summed E-state index contributed by atoms with van der Waals surface area (Å²) in [7, 11) is -0.700. The zero-order chi connectivity index (χ0) is 21.7. The van der Waals surface area contributed by atoms with Gasteiger partial charge in [-0.05, 0) is 38.0 Å². The van der Waals surface area contributed by atoms with E-state index in [1.165, 1.54) is 0 Å². The molecule has 0 saturated heterocycles. The molecule has 2 unspecified atom stereocenters. The van der Waals surface area contributed by atoms with E-state index in [0.29, 0.717) is 27.8 Å². The van der Waals surface area contributed by atoms with Crippen LogP contribution in [0.2, 0.25) is 0 Å². The minimum absolute atomic E-state index is 0.0224. The molecule has 2 atom stereocenters. The molecule has 156 valence electrons. The Morgan fingerprint density at radius 1 is 1.30 bits per heavy atom. The lowest BCUT2D eigenvalue weighted by molar-refractivity contribution is -0.112. The quantitative estimate of drug-likeness (QED) is 0.646. The van der Waals surface area contributed by atoms with Gasteiger partial charge in [-0.15, -0.1) is 0 Å². The number of aryl methyl sites for hydroxylation is 1. The summed E-state index contributed by atoms with van der Waals surface area (Å²) in [4.78, 5) is 43.2. The average Bonchev–Trinajstić information content (AvgIpc) is 3.10. The van der Waals surface area contributed by atoms with Crippen LogP contribution in [-0.2, 0) is 22.2 Å². The summed E-state index contributed by atoms with van der Waals surface area (Å²) >= 11 is 0. The van der Waals surface area contributed by atoms with Gasteiger partial charge < -0.3 is 9.67 Å². The van der Waals surface area contributed by atoms with Crippen LogP contribution < -0.4 is 5.56 Å². The molecule has 0 aliphatic carbocycles. The van der Waals surface area contributed by atoms with Crippen LogP contribution in [-0.4, -0.2) is 36.2 Å². The zero-order valence-corrected chi connectivity index (χ0v) is 18.2. The van der Waals surface area contributed by atoms with Gasteiger partial charge in [0.2, 0.25) is 0 Å². The van der Waals surface area contributed by atoms with Gasteiger partial charge in [0.1, 0.15) is 17.3 Å². The first-order chi connectivity index (χ1) is 14.2. The third-order valence-corrected chi connectivity index (χ3v) is 8.16. The summed E-state index contributed by atoms with van der Waals surface area (Å²) in [5.74, 6) is 0.379. The van der Waals surface area contributed by atoms with Crippen LogP contribution in [0.4, 0.5) is 4.79 Å². The maximum absolute atomic E-state index is 13.2. The highest BCUT2D eigenvalue weighted by molar-refractivity contribution is 8.11. The molecule has 7 nitrogen and oxygen atoms in total. The van der Waals surface area contributed by atoms with Gasteiger partial charge in [0, 0.05) is 23.3 Å². The van der Waals surface area contributed by atoms with Crippen molar-refractivity contribution >= 4 is 33.1 Å². The van der Waals surface area contributed by atoms with Gasteiger partial charge in [0.15, 0.2) is 4.90 Å². The summed E-state index contributed by atoms with van der Waals surface area (Å²) in [5, 5.41) is 10.8. The first-order valence-electron chi connectivity index (χ1n) is 9.88. The maximum Gasteiger partial charge on any atom is 0.418 e. The van der Waals surface area contributed by atoms with Gasteiger partial charge in [0.25, 0.3) is 5.56 Å². The molecule has 3 aromatic heterocycles. The van der Waals surface area contributed by atoms with E-state index in [0.717, 1.165) is 21.3 Å². The monoisotopic (exact) mass is 426 g/mol. The molecule has 1 aliphatic rings. The van der Waals surface area contributed by atoms with E-state index >= 15 is 0 Å². The summed E-state index contributed by atoms with van der Waals surface area (Å²) in [6.07, 6.45) is 0.348. The van der Waals surface area contributed by atoms with Gasteiger partial charge >= 0.3 is 11.2 Å². The Hall–Kier alpha value is -2.87. The molecule has 0 saturated carbocycles. The number of hydrogen-bond acceptors (Lipinski definition) is 4. The van der Waals surface area contributed by atoms with E-state index in [2.05, 4.69) is 4.98 Å². The Balaban J connectivity index is 1.92. The summed E-state index contributed by atoms with van der Waals surface area (Å²) in [5.41, 5.74) is 1.73. The predicted octanol–water partition coefficient (Wildman–Crippen LogP) is 3.36. The van der Waals surface area contributed by atoms with Crippen molar-refractivity contribution in [3.05, 3.63) is 57.8 Å². The third kappa shape index (κ3) is 3.15. The summed E-state index contributed by atoms with van der Waals surface area (Å²) in [6.45, 7) is 7.90. The zero-order valence-electron chi connectivity index (χ0n) is 17.4. The molecule has 0 radical (unpaired) electrons. The summed E-state index contributed by atoms with van der Waals surface area (Å²) < 4.78 is 2.69. The lowest BCUT2D eigenvalue weighted by Gasteiger charge is -2.13. The van der Waals surface area contributed by atoms with E-state index in [1.54, 1.807) is 19.2 Å². The molecule has 1 aliphatic heterocycles. The van der Waals surface area contributed by atoms with E-state index in [-0.39, 0.29) is 11.7 Å².